The summed E-state index contributed by atoms with van der Waals surface area (Å²) in [6, 6.07) is 5.42. The summed E-state index contributed by atoms with van der Waals surface area (Å²) in [5, 5.41) is 9.78. The third kappa shape index (κ3) is 2.42. The van der Waals surface area contributed by atoms with Crippen LogP contribution in [0, 0.1) is 20.8 Å². The molecule has 0 spiro atoms. The fourth-order valence-electron chi connectivity index (χ4n) is 2.68. The van der Waals surface area contributed by atoms with Crippen LogP contribution in [0.2, 0.25) is 0 Å². The third-order valence-electron chi connectivity index (χ3n) is 4.31. The standard InChI is InChI=1S/C17H20N4O3/c1-9-6-7-13-12(8-9)18-15(22)17(4,24-13)16(23)19-14-10(2)20-21(5)11(14)3/h6-8H,1-5H3,(H,18,22)(H,19,23). The highest BCUT2D eigenvalue weighted by Gasteiger charge is 2.47. The number of rotatable bonds is 2. The molecule has 1 aliphatic heterocycles. The van der Waals surface area contributed by atoms with Crippen molar-refractivity contribution >= 4 is 23.2 Å². The maximum Gasteiger partial charge on any atom is 0.278 e. The van der Waals surface area contributed by atoms with Crippen LogP contribution in [-0.2, 0) is 16.6 Å². The highest BCUT2D eigenvalue weighted by molar-refractivity contribution is 6.19. The highest BCUT2D eigenvalue weighted by atomic mass is 16.5. The van der Waals surface area contributed by atoms with Crippen molar-refractivity contribution in [2.45, 2.75) is 33.3 Å². The second-order valence-corrected chi connectivity index (χ2v) is 6.21. The summed E-state index contributed by atoms with van der Waals surface area (Å²) in [5.74, 6) is -0.569. The van der Waals surface area contributed by atoms with Gasteiger partial charge in [0.15, 0.2) is 0 Å². The molecule has 3 rings (SSSR count). The van der Waals surface area contributed by atoms with Crippen molar-refractivity contribution in [3.05, 3.63) is 35.2 Å². The second kappa shape index (κ2) is 5.36. The van der Waals surface area contributed by atoms with Gasteiger partial charge >= 0.3 is 0 Å². The van der Waals surface area contributed by atoms with Crippen molar-refractivity contribution in [3.8, 4) is 5.75 Å². The lowest BCUT2D eigenvalue weighted by Gasteiger charge is -2.33. The molecule has 7 heteroatoms. The van der Waals surface area contributed by atoms with Crippen molar-refractivity contribution in [3.63, 3.8) is 0 Å². The van der Waals surface area contributed by atoms with Gasteiger partial charge in [0, 0.05) is 7.05 Å². The highest BCUT2D eigenvalue weighted by Crippen LogP contribution is 2.35. The van der Waals surface area contributed by atoms with E-state index in [9.17, 15) is 9.59 Å². The molecule has 126 valence electrons. The number of carbonyl (C=O) groups is 2. The van der Waals surface area contributed by atoms with Crippen LogP contribution in [0.1, 0.15) is 23.9 Å². The normalized spacial score (nSPS) is 19.3. The lowest BCUT2D eigenvalue weighted by molar-refractivity contribution is -0.143. The van der Waals surface area contributed by atoms with Gasteiger partial charge in [0.1, 0.15) is 5.75 Å². The topological polar surface area (TPSA) is 85.3 Å². The largest absolute Gasteiger partial charge is 0.466 e. The number of aryl methyl sites for hydroxylation is 3. The van der Waals surface area contributed by atoms with E-state index in [1.54, 1.807) is 30.8 Å². The Labute approximate surface area is 140 Å². The van der Waals surface area contributed by atoms with Gasteiger partial charge in [0.25, 0.3) is 17.4 Å². The Hall–Kier alpha value is -2.83. The molecule has 1 aliphatic rings. The number of nitrogens with zero attached hydrogens (tertiary/aromatic N) is 2. The molecule has 1 atom stereocenters. The molecular weight excluding hydrogens is 308 g/mol. The van der Waals surface area contributed by atoms with Crippen molar-refractivity contribution in [1.82, 2.24) is 9.78 Å². The number of anilines is 2. The molecule has 1 aromatic heterocycles. The lowest BCUT2D eigenvalue weighted by atomic mass is 10.0. The summed E-state index contributed by atoms with van der Waals surface area (Å²) >= 11 is 0. The van der Waals surface area contributed by atoms with E-state index in [-0.39, 0.29) is 0 Å². The van der Waals surface area contributed by atoms with Gasteiger partial charge in [-0.1, -0.05) is 6.07 Å². The van der Waals surface area contributed by atoms with Crippen LogP contribution in [-0.4, -0.2) is 27.2 Å². The summed E-state index contributed by atoms with van der Waals surface area (Å²) in [6.07, 6.45) is 0. The number of ether oxygens (including phenoxy) is 1. The van der Waals surface area contributed by atoms with Gasteiger partial charge in [0.05, 0.1) is 22.8 Å². The molecule has 0 bridgehead atoms. The van der Waals surface area contributed by atoms with Gasteiger partial charge in [0.2, 0.25) is 0 Å². The van der Waals surface area contributed by atoms with Gasteiger partial charge in [-0.05, 0) is 45.4 Å². The van der Waals surface area contributed by atoms with E-state index in [0.717, 1.165) is 11.3 Å². The van der Waals surface area contributed by atoms with Crippen LogP contribution in [0.3, 0.4) is 0 Å². The minimum absolute atomic E-state index is 0.470. The van der Waals surface area contributed by atoms with Crippen molar-refractivity contribution in [2.75, 3.05) is 10.6 Å². The molecule has 1 aromatic carbocycles. The first-order valence-corrected chi connectivity index (χ1v) is 7.65. The van der Waals surface area contributed by atoms with E-state index in [4.69, 9.17) is 4.74 Å². The lowest BCUT2D eigenvalue weighted by Crippen LogP contribution is -2.56. The number of amides is 2. The number of aromatic nitrogens is 2. The SMILES string of the molecule is Cc1ccc2c(c1)NC(=O)C(C)(C(=O)Nc1c(C)nn(C)c1C)O2. The monoisotopic (exact) mass is 328 g/mol. The molecule has 0 fully saturated rings. The molecule has 2 heterocycles. The molecule has 2 N–H and O–H groups in total. The minimum atomic E-state index is -1.66. The molecule has 2 amide bonds. The average Bonchev–Trinajstić information content (AvgIpc) is 2.75. The van der Waals surface area contributed by atoms with E-state index < -0.39 is 17.4 Å². The van der Waals surface area contributed by atoms with Crippen LogP contribution in [0.25, 0.3) is 0 Å². The summed E-state index contributed by atoms with van der Waals surface area (Å²) in [4.78, 5) is 25.2. The van der Waals surface area contributed by atoms with Gasteiger partial charge in [-0.2, -0.15) is 5.10 Å². The first-order valence-electron chi connectivity index (χ1n) is 7.65. The minimum Gasteiger partial charge on any atom is -0.466 e. The first-order chi connectivity index (χ1) is 11.2. The van der Waals surface area contributed by atoms with Crippen molar-refractivity contribution in [2.24, 2.45) is 7.05 Å². The Balaban J connectivity index is 1.91. The molecule has 1 unspecified atom stereocenters. The van der Waals surface area contributed by atoms with E-state index in [2.05, 4.69) is 15.7 Å². The maximum atomic E-state index is 12.8. The van der Waals surface area contributed by atoms with Crippen LogP contribution in [0.5, 0.6) is 5.75 Å². The smallest absolute Gasteiger partial charge is 0.278 e. The van der Waals surface area contributed by atoms with Crippen LogP contribution >= 0.6 is 0 Å². The number of hydrogen-bond donors (Lipinski definition) is 2. The fourth-order valence-corrected chi connectivity index (χ4v) is 2.68. The van der Waals surface area contributed by atoms with E-state index >= 15 is 0 Å². The molecule has 7 nitrogen and oxygen atoms in total. The van der Waals surface area contributed by atoms with Gasteiger partial charge in [-0.15, -0.1) is 0 Å². The Morgan fingerprint density at radius 1 is 1.33 bits per heavy atom. The molecule has 24 heavy (non-hydrogen) atoms. The number of benzene rings is 1. The van der Waals surface area contributed by atoms with Gasteiger partial charge in [-0.3, -0.25) is 14.3 Å². The maximum absolute atomic E-state index is 12.8. The third-order valence-corrected chi connectivity index (χ3v) is 4.31. The van der Waals surface area contributed by atoms with E-state index in [1.165, 1.54) is 6.92 Å². The zero-order valence-corrected chi connectivity index (χ0v) is 14.4. The number of carbonyl (C=O) groups excluding carboxylic acids is 2. The van der Waals surface area contributed by atoms with Crippen molar-refractivity contribution in [1.29, 1.82) is 0 Å². The summed E-state index contributed by atoms with van der Waals surface area (Å²) in [5.41, 5.74) is 1.98. The zero-order valence-electron chi connectivity index (χ0n) is 14.4. The van der Waals surface area contributed by atoms with Gasteiger partial charge in [-0.25, -0.2) is 0 Å². The van der Waals surface area contributed by atoms with E-state index in [1.807, 2.05) is 19.9 Å². The zero-order chi connectivity index (χ0) is 17.6. The second-order valence-electron chi connectivity index (χ2n) is 6.21. The summed E-state index contributed by atoms with van der Waals surface area (Å²) in [6.45, 7) is 7.02. The number of nitrogens with one attached hydrogen (secondary N) is 2. The molecule has 2 aromatic rings. The molecule has 0 saturated carbocycles. The van der Waals surface area contributed by atoms with Crippen LogP contribution in [0.15, 0.2) is 18.2 Å². The summed E-state index contributed by atoms with van der Waals surface area (Å²) < 4.78 is 7.43. The van der Waals surface area contributed by atoms with Crippen molar-refractivity contribution < 1.29 is 14.3 Å². The first kappa shape index (κ1) is 16.0. The molecular formula is C17H20N4O3. The Morgan fingerprint density at radius 2 is 2.04 bits per heavy atom. The van der Waals surface area contributed by atoms with Crippen LogP contribution < -0.4 is 15.4 Å². The Kier molecular flexibility index (Phi) is 3.59. The number of fused-ring (bicyclic) bond motifs is 1. The van der Waals surface area contributed by atoms with E-state index in [0.29, 0.717) is 22.8 Å². The molecule has 0 radical (unpaired) electrons. The predicted octanol–water partition coefficient (Wildman–Crippen LogP) is 2.07. The predicted molar refractivity (Wildman–Crippen MR) is 90.2 cm³/mol. The molecule has 0 aliphatic carbocycles. The Bertz CT molecular complexity index is 856. The Morgan fingerprint density at radius 3 is 2.67 bits per heavy atom. The van der Waals surface area contributed by atoms with Gasteiger partial charge < -0.3 is 15.4 Å². The quantitative estimate of drug-likeness (QED) is 0.827. The fraction of sp³-hybridized carbons (Fsp3) is 0.353. The number of hydrogen-bond acceptors (Lipinski definition) is 4. The average molecular weight is 328 g/mol. The molecule has 0 saturated heterocycles. The van der Waals surface area contributed by atoms with Crippen LogP contribution in [0.4, 0.5) is 11.4 Å². The summed E-state index contributed by atoms with van der Waals surface area (Å²) in [7, 11) is 1.79.